The minimum atomic E-state index is 0.450. The number of aromatic nitrogens is 7. The second kappa shape index (κ2) is 9.83. The van der Waals surface area contributed by atoms with Gasteiger partial charge in [-0.15, -0.1) is 0 Å². The Morgan fingerprint density at radius 2 is 0.857 bits per heavy atom. The van der Waals surface area contributed by atoms with Crippen molar-refractivity contribution in [1.29, 1.82) is 0 Å². The van der Waals surface area contributed by atoms with E-state index >= 15 is 0 Å². The first kappa shape index (κ1) is 23.8. The molecule has 4 aromatic heterocycles. The van der Waals surface area contributed by atoms with Crippen LogP contribution in [-0.2, 0) is 0 Å². The van der Waals surface area contributed by atoms with E-state index in [4.69, 9.17) is 33.8 Å². The molecule has 4 heterocycles. The van der Waals surface area contributed by atoms with E-state index in [2.05, 4.69) is 9.97 Å². The fourth-order valence-electron chi connectivity index (χ4n) is 4.72. The second-order valence-electron chi connectivity index (χ2n) is 9.57. The van der Waals surface area contributed by atoms with Gasteiger partial charge in [0.25, 0.3) is 0 Å². The van der Waals surface area contributed by atoms with Gasteiger partial charge >= 0.3 is 0 Å². The molecule has 0 radical (unpaired) electrons. The van der Waals surface area contributed by atoms with Crippen molar-refractivity contribution in [3.05, 3.63) is 116 Å². The zero-order valence-corrected chi connectivity index (χ0v) is 21.9. The largest absolute Gasteiger partial charge is 0.436 e. The SMILES string of the molecule is c1ccc(-c2nc3cc(-c4nc(-c5cncnc5)nc(-c5ccc6oc(-c7ccccc7)nc6c5)n4)ccc3o2)cc1. The van der Waals surface area contributed by atoms with Crippen molar-refractivity contribution < 1.29 is 8.83 Å². The average Bonchev–Trinajstić information content (AvgIpc) is 3.70. The Hall–Kier alpha value is -6.09. The van der Waals surface area contributed by atoms with Crippen molar-refractivity contribution >= 4 is 22.2 Å². The normalized spacial score (nSPS) is 11.3. The highest BCUT2D eigenvalue weighted by atomic mass is 16.4. The van der Waals surface area contributed by atoms with Crippen LogP contribution in [0.1, 0.15) is 0 Å². The smallest absolute Gasteiger partial charge is 0.227 e. The molecule has 8 rings (SSSR count). The van der Waals surface area contributed by atoms with Crippen LogP contribution in [0.15, 0.2) is 125 Å². The van der Waals surface area contributed by atoms with Crippen LogP contribution in [0.4, 0.5) is 0 Å². The van der Waals surface area contributed by atoms with E-state index in [1.165, 1.54) is 6.33 Å². The van der Waals surface area contributed by atoms with E-state index in [1.54, 1.807) is 12.4 Å². The minimum absolute atomic E-state index is 0.450. The van der Waals surface area contributed by atoms with Crippen LogP contribution in [-0.4, -0.2) is 34.9 Å². The third-order valence-corrected chi connectivity index (χ3v) is 6.79. The Balaban J connectivity index is 1.24. The summed E-state index contributed by atoms with van der Waals surface area (Å²) in [5.74, 6) is 2.52. The van der Waals surface area contributed by atoms with Crippen LogP contribution < -0.4 is 0 Å². The van der Waals surface area contributed by atoms with E-state index in [9.17, 15) is 0 Å². The lowest BCUT2D eigenvalue weighted by molar-refractivity contribution is 0.619. The number of rotatable bonds is 5. The van der Waals surface area contributed by atoms with E-state index in [0.29, 0.717) is 57.0 Å². The zero-order chi connectivity index (χ0) is 27.9. The Labute approximate surface area is 238 Å². The first-order valence-electron chi connectivity index (χ1n) is 13.2. The maximum Gasteiger partial charge on any atom is 0.227 e. The lowest BCUT2D eigenvalue weighted by Gasteiger charge is -2.08. The molecule has 0 aliphatic carbocycles. The quantitative estimate of drug-likeness (QED) is 0.220. The molecule has 0 saturated carbocycles. The fraction of sp³-hybridized carbons (Fsp3) is 0. The number of oxazole rings is 2. The monoisotopic (exact) mass is 545 g/mol. The summed E-state index contributed by atoms with van der Waals surface area (Å²) < 4.78 is 12.0. The van der Waals surface area contributed by atoms with Gasteiger partial charge in [-0.2, -0.15) is 0 Å². The summed E-state index contributed by atoms with van der Waals surface area (Å²) >= 11 is 0. The highest BCUT2D eigenvalue weighted by Gasteiger charge is 2.16. The van der Waals surface area contributed by atoms with E-state index in [0.717, 1.165) is 22.3 Å². The highest BCUT2D eigenvalue weighted by molar-refractivity contribution is 5.83. The maximum absolute atomic E-state index is 6.01. The molecule has 198 valence electrons. The van der Waals surface area contributed by atoms with Gasteiger partial charge in [-0.1, -0.05) is 36.4 Å². The first-order chi connectivity index (χ1) is 20.8. The zero-order valence-electron chi connectivity index (χ0n) is 21.9. The number of nitrogens with zero attached hydrogens (tertiary/aromatic N) is 7. The Morgan fingerprint density at radius 3 is 1.33 bits per heavy atom. The first-order valence-corrected chi connectivity index (χ1v) is 13.2. The number of benzene rings is 4. The molecule has 0 aliphatic heterocycles. The van der Waals surface area contributed by atoms with Crippen molar-refractivity contribution in [1.82, 2.24) is 34.9 Å². The van der Waals surface area contributed by atoms with Gasteiger partial charge in [0, 0.05) is 34.6 Å². The van der Waals surface area contributed by atoms with E-state index < -0.39 is 0 Å². The molecule has 0 fully saturated rings. The molecule has 9 heteroatoms. The average molecular weight is 546 g/mol. The van der Waals surface area contributed by atoms with Gasteiger partial charge in [-0.25, -0.2) is 34.9 Å². The number of hydrogen-bond donors (Lipinski definition) is 0. The molecular weight excluding hydrogens is 526 g/mol. The molecule has 0 atom stereocenters. The highest BCUT2D eigenvalue weighted by Crippen LogP contribution is 2.31. The summed E-state index contributed by atoms with van der Waals surface area (Å²) in [5, 5.41) is 0. The van der Waals surface area contributed by atoms with Crippen LogP contribution in [0.3, 0.4) is 0 Å². The summed E-state index contributed by atoms with van der Waals surface area (Å²) in [6.07, 6.45) is 4.82. The van der Waals surface area contributed by atoms with Crippen molar-refractivity contribution in [3.63, 3.8) is 0 Å². The minimum Gasteiger partial charge on any atom is -0.436 e. The topological polar surface area (TPSA) is 117 Å². The predicted molar refractivity (Wildman–Crippen MR) is 158 cm³/mol. The number of fused-ring (bicyclic) bond motifs is 2. The van der Waals surface area contributed by atoms with Crippen molar-refractivity contribution in [2.45, 2.75) is 0 Å². The summed E-state index contributed by atoms with van der Waals surface area (Å²) in [7, 11) is 0. The van der Waals surface area contributed by atoms with Crippen LogP contribution in [0.2, 0.25) is 0 Å². The summed E-state index contributed by atoms with van der Waals surface area (Å²) in [6.45, 7) is 0. The Bertz CT molecular complexity index is 2060. The van der Waals surface area contributed by atoms with Crippen molar-refractivity contribution in [2.24, 2.45) is 0 Å². The number of hydrogen-bond acceptors (Lipinski definition) is 9. The predicted octanol–water partition coefficient (Wildman–Crippen LogP) is 7.28. The fourth-order valence-corrected chi connectivity index (χ4v) is 4.72. The van der Waals surface area contributed by atoms with Crippen molar-refractivity contribution in [3.8, 4) is 57.1 Å². The molecule has 0 N–H and O–H groups in total. The van der Waals surface area contributed by atoms with E-state index in [1.807, 2.05) is 97.1 Å². The van der Waals surface area contributed by atoms with Crippen LogP contribution >= 0.6 is 0 Å². The molecule has 9 nitrogen and oxygen atoms in total. The third-order valence-electron chi connectivity index (χ3n) is 6.79. The summed E-state index contributed by atoms with van der Waals surface area (Å²) in [4.78, 5) is 32.2. The molecule has 0 aliphatic rings. The summed E-state index contributed by atoms with van der Waals surface area (Å²) in [6, 6.07) is 31.0. The van der Waals surface area contributed by atoms with Gasteiger partial charge in [-0.05, 0) is 60.7 Å². The molecule has 0 saturated heterocycles. The second-order valence-corrected chi connectivity index (χ2v) is 9.57. The standard InChI is InChI=1S/C33H19N7O2/c1-3-7-20(8-4-1)32-36-25-15-22(11-13-27(25)41-32)29-38-30(40-31(39-29)24-17-34-19-35-18-24)23-12-14-28-26(16-23)37-33(42-28)21-9-5-2-6-10-21/h1-19H. The lowest BCUT2D eigenvalue weighted by Crippen LogP contribution is -2.00. The van der Waals surface area contributed by atoms with Gasteiger partial charge in [0.2, 0.25) is 11.8 Å². The van der Waals surface area contributed by atoms with Gasteiger partial charge in [-0.3, -0.25) is 0 Å². The van der Waals surface area contributed by atoms with Crippen LogP contribution in [0.25, 0.3) is 79.3 Å². The molecule has 0 unspecified atom stereocenters. The van der Waals surface area contributed by atoms with Crippen LogP contribution in [0.5, 0.6) is 0 Å². The van der Waals surface area contributed by atoms with Crippen LogP contribution in [0, 0.1) is 0 Å². The molecule has 0 spiro atoms. The lowest BCUT2D eigenvalue weighted by atomic mass is 10.1. The third kappa shape index (κ3) is 4.35. The van der Waals surface area contributed by atoms with Gasteiger partial charge < -0.3 is 8.83 Å². The Morgan fingerprint density at radius 1 is 0.405 bits per heavy atom. The Kier molecular flexibility index (Phi) is 5.56. The molecule has 0 amide bonds. The van der Waals surface area contributed by atoms with E-state index in [-0.39, 0.29) is 0 Å². The van der Waals surface area contributed by atoms with Crippen molar-refractivity contribution in [2.75, 3.05) is 0 Å². The summed E-state index contributed by atoms with van der Waals surface area (Å²) in [5.41, 5.74) is 6.78. The van der Waals surface area contributed by atoms with Gasteiger partial charge in [0.05, 0.1) is 5.56 Å². The molecule has 8 aromatic rings. The maximum atomic E-state index is 6.01. The molecule has 0 bridgehead atoms. The molecule has 4 aromatic carbocycles. The molecular formula is C33H19N7O2. The van der Waals surface area contributed by atoms with Gasteiger partial charge in [0.1, 0.15) is 17.4 Å². The van der Waals surface area contributed by atoms with Gasteiger partial charge in [0.15, 0.2) is 28.6 Å². The molecule has 42 heavy (non-hydrogen) atoms.